The first kappa shape index (κ1) is 63.3. The number of nitrogens with two attached hydrogens (primary N) is 2. The van der Waals surface area contributed by atoms with E-state index in [4.69, 9.17) is 30.4 Å². The summed E-state index contributed by atoms with van der Waals surface area (Å²) >= 11 is 0. The maximum atomic E-state index is 18.0. The molecule has 0 radical (unpaired) electrons. The van der Waals surface area contributed by atoms with Crippen molar-refractivity contribution in [2.24, 2.45) is 0 Å². The van der Waals surface area contributed by atoms with Crippen LogP contribution < -0.4 is 50.8 Å². The summed E-state index contributed by atoms with van der Waals surface area (Å²) in [6, 6.07) is -6.33. The van der Waals surface area contributed by atoms with Gasteiger partial charge in [-0.15, -0.1) is 0 Å². The third-order valence-corrected chi connectivity index (χ3v) is 21.7. The Labute approximate surface area is 534 Å². The highest BCUT2D eigenvalue weighted by Gasteiger charge is 2.58. The van der Waals surface area contributed by atoms with Gasteiger partial charge in [-0.1, -0.05) is 0 Å². The highest BCUT2D eigenvalue weighted by molar-refractivity contribution is 5.99. The summed E-state index contributed by atoms with van der Waals surface area (Å²) in [7, 11) is 0. The standard InChI is InChI=1S/C62H60F16N14O4/c1-22-37(61(73,74)75)27(12-30(79)39(22)65)43-41(67)45-35-54(91-19-25-5-6-32(82-25)47(91)49(51(69)70)95-55(35)83-43)88-58(86-45)94-21-60-9-3-11-92(60)34(29(64)16-60)14-26-38(62(76,77)78)28(13-31(80)40(26)66)44-42(68)46-36-53(87-57(85-46)93-20-59-8-2-10-89(59)17-23(63)15-59)90-18-24-4-7-33(81-24)48(90)50(52(71)72)96-56(36)84-44/h12-13,23-25,29,32-34,47-52,81-82H,2-11,14-21,79-80H2,1H3/t23-,24-,25-,29-,32+,33+,34?,47?,48?,49?,50?,59+,60+/m1/s1. The SMILES string of the molecule is Cc1c(F)c(N)cc(-c2nc3c4c(nc(OC[C@@]56CCCN5C(Cc5c(F)c(N)cc(-c7nc8c9c(nc(OC[C@@]%10%11CCCN%10C[C@H](F)C%11)nc9c7F)N7C[C@H]9CC[C@H](N9)C7C(C(F)F)O8)c5C(F)(F)F)[C@H](F)C6)nc4c2F)N2C[C@H]4CC[C@H](N4)C2C(C(F)F)O3)c1C(F)(F)F. The largest absolute Gasteiger partial charge is 0.465 e. The molecule has 2 aromatic carbocycles. The van der Waals surface area contributed by atoms with Crippen molar-refractivity contribution in [3.05, 3.63) is 57.7 Å². The Bertz CT molecular complexity index is 4200. The number of benzene rings is 2. The number of pyridine rings is 2. The molecule has 34 heteroatoms. The summed E-state index contributed by atoms with van der Waals surface area (Å²) in [5.74, 6) is -8.35. The van der Waals surface area contributed by atoms with E-state index >= 15 is 52.7 Å². The number of ether oxygens (including phenoxy) is 4. The Morgan fingerprint density at radius 1 is 0.625 bits per heavy atom. The van der Waals surface area contributed by atoms with Gasteiger partial charge in [-0.2, -0.15) is 46.3 Å². The number of anilines is 4. The van der Waals surface area contributed by atoms with Crippen molar-refractivity contribution in [2.75, 3.05) is 67.2 Å². The summed E-state index contributed by atoms with van der Waals surface area (Å²) in [5.41, 5.74) is -4.24. The van der Waals surface area contributed by atoms with Gasteiger partial charge in [0.1, 0.15) is 82.0 Å². The lowest BCUT2D eigenvalue weighted by atomic mass is 9.90. The van der Waals surface area contributed by atoms with Crippen molar-refractivity contribution >= 4 is 44.8 Å². The van der Waals surface area contributed by atoms with Crippen LogP contribution in [-0.4, -0.2) is 176 Å². The molecule has 0 spiro atoms. The lowest BCUT2D eigenvalue weighted by Gasteiger charge is -2.43. The predicted octanol–water partition coefficient (Wildman–Crippen LogP) is 9.96. The average Bonchev–Trinajstić information content (AvgIpc) is 1.39. The molecule has 6 aromatic rings. The number of hydrogen-bond donors (Lipinski definition) is 4. The molecule has 0 saturated carbocycles. The van der Waals surface area contributed by atoms with Gasteiger partial charge in [0.2, 0.25) is 11.8 Å². The van der Waals surface area contributed by atoms with Crippen LogP contribution in [0.15, 0.2) is 12.1 Å². The van der Waals surface area contributed by atoms with E-state index < -0.39 is 230 Å². The Kier molecular flexibility index (Phi) is 14.7. The Morgan fingerprint density at radius 3 is 1.66 bits per heavy atom. The van der Waals surface area contributed by atoms with Gasteiger partial charge in [-0.3, -0.25) is 9.80 Å². The number of fused-ring (bicyclic) bond motifs is 12. The molecule has 13 atom stereocenters. The van der Waals surface area contributed by atoms with Gasteiger partial charge < -0.3 is 50.8 Å². The second-order valence-corrected chi connectivity index (χ2v) is 27.1. The van der Waals surface area contributed by atoms with Gasteiger partial charge in [0.05, 0.1) is 45.7 Å². The van der Waals surface area contributed by atoms with Crippen LogP contribution in [0.25, 0.3) is 44.3 Å². The minimum atomic E-state index is -5.63. The van der Waals surface area contributed by atoms with Crippen molar-refractivity contribution in [1.29, 1.82) is 0 Å². The zero-order valence-corrected chi connectivity index (χ0v) is 50.7. The summed E-state index contributed by atoms with van der Waals surface area (Å²) in [4.78, 5) is 32.4. The molecule has 16 rings (SSSR count). The van der Waals surface area contributed by atoms with Crippen LogP contribution in [0.3, 0.4) is 0 Å². The van der Waals surface area contributed by atoms with Gasteiger partial charge in [0.15, 0.2) is 23.8 Å². The third-order valence-electron chi connectivity index (χ3n) is 21.7. The summed E-state index contributed by atoms with van der Waals surface area (Å²) in [6.45, 7) is 0.565. The number of piperazine rings is 2. The molecule has 10 aliphatic rings. The number of rotatable bonds is 12. The predicted molar refractivity (Wildman–Crippen MR) is 312 cm³/mol. The Morgan fingerprint density at radius 2 is 1.12 bits per heavy atom. The van der Waals surface area contributed by atoms with E-state index in [9.17, 15) is 17.6 Å². The van der Waals surface area contributed by atoms with Crippen LogP contribution in [-0.2, 0) is 18.8 Å². The topological polar surface area (TPSA) is 203 Å². The molecule has 5 unspecified atom stereocenters. The van der Waals surface area contributed by atoms with Crippen LogP contribution in [0.4, 0.5) is 93.3 Å². The fourth-order valence-electron chi connectivity index (χ4n) is 17.7. The van der Waals surface area contributed by atoms with Crippen LogP contribution >= 0.6 is 0 Å². The molecule has 14 heterocycles. The van der Waals surface area contributed by atoms with Crippen LogP contribution in [0.1, 0.15) is 86.5 Å². The van der Waals surface area contributed by atoms with Crippen molar-refractivity contribution < 1.29 is 89.2 Å². The Hall–Kier alpha value is -7.46. The van der Waals surface area contributed by atoms with Crippen LogP contribution in [0, 0.1) is 30.2 Å². The molecular weight excluding hydrogens is 1310 g/mol. The second-order valence-electron chi connectivity index (χ2n) is 27.1. The molecular formula is C62H60F16N14O4. The fraction of sp³-hybridized carbons (Fsp3) is 0.581. The monoisotopic (exact) mass is 1370 g/mol. The molecule has 0 amide bonds. The fourth-order valence-corrected chi connectivity index (χ4v) is 17.7. The smallest absolute Gasteiger partial charge is 0.417 e. The molecule has 0 aliphatic carbocycles. The Balaban J connectivity index is 0.778. The minimum absolute atomic E-state index is 0.0385. The number of aromatic nitrogens is 6. The summed E-state index contributed by atoms with van der Waals surface area (Å²) in [5, 5.41) is 5.74. The molecule has 10 aliphatic heterocycles. The molecule has 6 N–H and O–H groups in total. The molecule has 4 bridgehead atoms. The summed E-state index contributed by atoms with van der Waals surface area (Å²) in [6.07, 6.45) is -23.2. The first-order valence-corrected chi connectivity index (χ1v) is 31.8. The maximum Gasteiger partial charge on any atom is 0.417 e. The third kappa shape index (κ3) is 9.77. The van der Waals surface area contributed by atoms with Gasteiger partial charge in [0.25, 0.3) is 12.9 Å². The van der Waals surface area contributed by atoms with Gasteiger partial charge >= 0.3 is 24.4 Å². The highest BCUT2D eigenvalue weighted by atomic mass is 19.4. The molecule has 8 fully saturated rings. The lowest BCUT2D eigenvalue weighted by Crippen LogP contribution is -2.64. The first-order valence-electron chi connectivity index (χ1n) is 31.8. The van der Waals surface area contributed by atoms with Crippen molar-refractivity contribution in [3.63, 3.8) is 0 Å². The number of alkyl halides is 12. The van der Waals surface area contributed by atoms with Gasteiger partial charge in [0, 0.05) is 79.4 Å². The van der Waals surface area contributed by atoms with E-state index in [-0.39, 0.29) is 81.2 Å². The van der Waals surface area contributed by atoms with Crippen LogP contribution in [0.2, 0.25) is 0 Å². The second kappa shape index (κ2) is 22.3. The summed E-state index contributed by atoms with van der Waals surface area (Å²) < 4.78 is 280. The molecule has 514 valence electrons. The molecule has 8 saturated heterocycles. The lowest BCUT2D eigenvalue weighted by molar-refractivity contribution is -0.138. The van der Waals surface area contributed by atoms with Crippen molar-refractivity contribution in [3.8, 4) is 46.3 Å². The number of nitrogens with one attached hydrogen (secondary N) is 2. The van der Waals surface area contributed by atoms with Gasteiger partial charge in [-0.25, -0.2) is 53.9 Å². The quantitative estimate of drug-likeness (QED) is 0.0665. The van der Waals surface area contributed by atoms with E-state index in [0.29, 0.717) is 57.2 Å². The maximum absolute atomic E-state index is 18.0. The van der Waals surface area contributed by atoms with Gasteiger partial charge in [-0.05, 0) is 95.5 Å². The van der Waals surface area contributed by atoms with Crippen molar-refractivity contribution in [1.82, 2.24) is 50.3 Å². The average molecular weight is 1370 g/mol. The van der Waals surface area contributed by atoms with E-state index in [1.807, 2.05) is 4.90 Å². The minimum Gasteiger partial charge on any atom is -0.465 e. The molecule has 96 heavy (non-hydrogen) atoms. The number of nitrogen functional groups attached to an aromatic ring is 2. The number of halogens is 16. The van der Waals surface area contributed by atoms with E-state index in [1.54, 1.807) is 0 Å². The first-order chi connectivity index (χ1) is 45.6. The number of nitrogens with zero attached hydrogens (tertiary/aromatic N) is 10. The normalized spacial score (nSPS) is 30.7. The zero-order chi connectivity index (χ0) is 67.3. The zero-order valence-electron chi connectivity index (χ0n) is 50.7. The van der Waals surface area contributed by atoms with E-state index in [0.717, 1.165) is 6.92 Å². The highest BCUT2D eigenvalue weighted by Crippen LogP contribution is 2.54. The van der Waals surface area contributed by atoms with Crippen LogP contribution in [0.5, 0.6) is 23.8 Å². The molecule has 4 aromatic heterocycles. The van der Waals surface area contributed by atoms with E-state index in [2.05, 4.69) is 40.5 Å². The molecule has 18 nitrogen and oxygen atoms in total. The van der Waals surface area contributed by atoms with E-state index in [1.165, 1.54) is 14.7 Å². The number of hydrogen-bond acceptors (Lipinski definition) is 18. The van der Waals surface area contributed by atoms with Crippen molar-refractivity contribution in [2.45, 2.75) is 181 Å².